The SMILES string of the molecule is C#CCCNC(=O)CC(O)CN(CC1CCN(C(C)c2cccc3ccccc23)CC1)S(=O)[O-]. The van der Waals surface area contributed by atoms with Gasteiger partial charge in [-0.2, -0.15) is 0 Å². The lowest BCUT2D eigenvalue weighted by molar-refractivity contribution is -0.123. The summed E-state index contributed by atoms with van der Waals surface area (Å²) in [6, 6.07) is 15.1. The van der Waals surface area contributed by atoms with Crippen molar-refractivity contribution in [1.29, 1.82) is 0 Å². The van der Waals surface area contributed by atoms with Gasteiger partial charge in [-0.05, 0) is 55.1 Å². The molecule has 3 atom stereocenters. The lowest BCUT2D eigenvalue weighted by Gasteiger charge is -2.38. The van der Waals surface area contributed by atoms with Crippen LogP contribution in [0.15, 0.2) is 42.5 Å². The molecule has 2 aromatic rings. The highest BCUT2D eigenvalue weighted by atomic mass is 32.2. The number of piperidine rings is 1. The maximum absolute atomic E-state index is 11.9. The van der Waals surface area contributed by atoms with E-state index in [0.29, 0.717) is 19.5 Å². The lowest BCUT2D eigenvalue weighted by Crippen LogP contribution is -2.43. The number of carbonyl (C=O) groups is 1. The number of aliphatic hydroxyl groups is 1. The van der Waals surface area contributed by atoms with Crippen molar-refractivity contribution in [3.8, 4) is 12.3 Å². The molecule has 0 saturated carbocycles. The van der Waals surface area contributed by atoms with Gasteiger partial charge in [-0.15, -0.1) is 12.3 Å². The van der Waals surface area contributed by atoms with Crippen molar-refractivity contribution in [2.45, 2.75) is 44.8 Å². The molecular weight excluding hydrogens is 450 g/mol. The highest BCUT2D eigenvalue weighted by Gasteiger charge is 2.27. The molecule has 8 heteroatoms. The monoisotopic (exact) mass is 484 g/mol. The second kappa shape index (κ2) is 13.0. The minimum Gasteiger partial charge on any atom is -0.760 e. The highest BCUT2D eigenvalue weighted by Crippen LogP contribution is 2.31. The van der Waals surface area contributed by atoms with E-state index < -0.39 is 17.4 Å². The minimum atomic E-state index is -2.46. The highest BCUT2D eigenvalue weighted by molar-refractivity contribution is 7.76. The number of aliphatic hydroxyl groups excluding tert-OH is 1. The van der Waals surface area contributed by atoms with Crippen LogP contribution in [0.4, 0.5) is 0 Å². The van der Waals surface area contributed by atoms with E-state index in [9.17, 15) is 18.7 Å². The molecule has 2 N–H and O–H groups in total. The molecule has 1 saturated heterocycles. The van der Waals surface area contributed by atoms with E-state index in [1.807, 2.05) is 0 Å². The van der Waals surface area contributed by atoms with Gasteiger partial charge in [-0.25, -0.2) is 4.31 Å². The number of hydrogen-bond acceptors (Lipinski definition) is 5. The molecule has 0 aliphatic carbocycles. The fourth-order valence-corrected chi connectivity index (χ4v) is 5.30. The Hall–Kier alpha value is -2.28. The normalized spacial score (nSPS) is 17.9. The number of nitrogens with zero attached hydrogens (tertiary/aromatic N) is 2. The van der Waals surface area contributed by atoms with Crippen molar-refractivity contribution in [3.63, 3.8) is 0 Å². The summed E-state index contributed by atoms with van der Waals surface area (Å²) in [6.07, 6.45) is 6.11. The standard InChI is InChI=1S/C26H35N3O4S/c1-3-4-14-27-26(31)17-23(30)19-29(34(32)33)18-21-12-15-28(16-13-21)20(2)24-11-7-9-22-8-5-6-10-25(22)24/h1,5-11,20-21,23,30H,4,12-19H2,2H3,(H,27,31)(H,32,33)/p-1. The van der Waals surface area contributed by atoms with Crippen LogP contribution in [-0.4, -0.2) is 67.8 Å². The van der Waals surface area contributed by atoms with Crippen molar-refractivity contribution < 1.29 is 18.7 Å². The average molecular weight is 485 g/mol. The predicted octanol–water partition coefficient (Wildman–Crippen LogP) is 2.60. The van der Waals surface area contributed by atoms with Gasteiger partial charge in [-0.3, -0.25) is 13.9 Å². The van der Waals surface area contributed by atoms with Crippen molar-refractivity contribution in [2.24, 2.45) is 5.92 Å². The minimum absolute atomic E-state index is 0.0920. The Bertz CT molecular complexity index is 1010. The summed E-state index contributed by atoms with van der Waals surface area (Å²) in [7, 11) is 0. The first kappa shape index (κ1) is 26.3. The number of benzene rings is 2. The maximum atomic E-state index is 11.9. The van der Waals surface area contributed by atoms with Crippen molar-refractivity contribution in [3.05, 3.63) is 48.0 Å². The summed E-state index contributed by atoms with van der Waals surface area (Å²) >= 11 is -2.46. The molecule has 3 rings (SSSR count). The van der Waals surface area contributed by atoms with E-state index in [4.69, 9.17) is 6.42 Å². The number of terminal acetylenes is 1. The fourth-order valence-electron chi connectivity index (χ4n) is 4.68. The Morgan fingerprint density at radius 3 is 2.71 bits per heavy atom. The molecule has 1 aliphatic heterocycles. The number of hydrogen-bond donors (Lipinski definition) is 2. The summed E-state index contributed by atoms with van der Waals surface area (Å²) in [6.45, 7) is 4.60. The molecule has 0 radical (unpaired) electrons. The van der Waals surface area contributed by atoms with E-state index in [2.05, 4.69) is 65.5 Å². The number of nitrogens with one attached hydrogen (secondary N) is 1. The maximum Gasteiger partial charge on any atom is 0.222 e. The van der Waals surface area contributed by atoms with Crippen molar-refractivity contribution in [1.82, 2.24) is 14.5 Å². The lowest BCUT2D eigenvalue weighted by atomic mass is 9.93. The Labute approximate surface area is 204 Å². The molecule has 1 aliphatic rings. The third-order valence-corrected chi connectivity index (χ3v) is 7.29. The number of carbonyl (C=O) groups excluding carboxylic acids is 1. The van der Waals surface area contributed by atoms with Crippen molar-refractivity contribution in [2.75, 3.05) is 32.7 Å². The predicted molar refractivity (Wildman–Crippen MR) is 134 cm³/mol. The van der Waals surface area contributed by atoms with E-state index >= 15 is 0 Å². The zero-order valence-corrected chi connectivity index (χ0v) is 20.5. The molecule has 184 valence electrons. The quantitative estimate of drug-likeness (QED) is 0.290. The van der Waals surface area contributed by atoms with Crippen LogP contribution >= 0.6 is 0 Å². The zero-order valence-electron chi connectivity index (χ0n) is 19.7. The Morgan fingerprint density at radius 1 is 1.29 bits per heavy atom. The third kappa shape index (κ3) is 7.36. The van der Waals surface area contributed by atoms with Crippen LogP contribution in [0, 0.1) is 18.3 Å². The summed E-state index contributed by atoms with van der Waals surface area (Å²) in [5, 5.41) is 15.3. The Morgan fingerprint density at radius 2 is 2.00 bits per heavy atom. The van der Waals surface area contributed by atoms with Gasteiger partial charge in [0.05, 0.1) is 12.5 Å². The van der Waals surface area contributed by atoms with Crippen LogP contribution in [0.2, 0.25) is 0 Å². The molecule has 34 heavy (non-hydrogen) atoms. The molecule has 0 spiro atoms. The molecule has 1 fully saturated rings. The van der Waals surface area contributed by atoms with Gasteiger partial charge in [-0.1, -0.05) is 42.5 Å². The van der Waals surface area contributed by atoms with Gasteiger partial charge < -0.3 is 15.0 Å². The molecule has 0 bridgehead atoms. The van der Waals surface area contributed by atoms with Gasteiger partial charge in [0.15, 0.2) is 0 Å². The Balaban J connectivity index is 1.51. The smallest absolute Gasteiger partial charge is 0.222 e. The van der Waals surface area contributed by atoms with Gasteiger partial charge in [0.1, 0.15) is 0 Å². The van der Waals surface area contributed by atoms with E-state index in [0.717, 1.165) is 25.9 Å². The second-order valence-corrected chi connectivity index (χ2v) is 9.90. The summed E-state index contributed by atoms with van der Waals surface area (Å²) < 4.78 is 24.8. The number of rotatable bonds is 11. The molecule has 1 amide bonds. The topological polar surface area (TPSA) is 95.9 Å². The largest absolute Gasteiger partial charge is 0.760 e. The first-order chi connectivity index (χ1) is 16.4. The fraction of sp³-hybridized carbons (Fsp3) is 0.500. The second-order valence-electron chi connectivity index (χ2n) is 8.95. The first-order valence-corrected chi connectivity index (χ1v) is 12.9. The van der Waals surface area contributed by atoms with Gasteiger partial charge in [0.2, 0.25) is 5.91 Å². The number of amides is 1. The zero-order chi connectivity index (χ0) is 24.5. The Kier molecular flexibility index (Phi) is 10.1. The van der Waals surface area contributed by atoms with Crippen LogP contribution in [0.1, 0.15) is 44.2 Å². The summed E-state index contributed by atoms with van der Waals surface area (Å²) in [5.41, 5.74) is 1.31. The molecule has 1 heterocycles. The molecular formula is C26H34N3O4S-. The number of likely N-dealkylation sites (tertiary alicyclic amines) is 1. The molecule has 7 nitrogen and oxygen atoms in total. The van der Waals surface area contributed by atoms with E-state index in [1.54, 1.807) is 0 Å². The molecule has 0 aromatic heterocycles. The van der Waals surface area contributed by atoms with Gasteiger partial charge in [0, 0.05) is 43.4 Å². The molecule has 3 unspecified atom stereocenters. The van der Waals surface area contributed by atoms with E-state index in [1.165, 1.54) is 20.6 Å². The third-order valence-electron chi connectivity index (χ3n) is 6.57. The van der Waals surface area contributed by atoms with Crippen LogP contribution in [0.3, 0.4) is 0 Å². The van der Waals surface area contributed by atoms with Crippen LogP contribution < -0.4 is 5.32 Å². The van der Waals surface area contributed by atoms with Gasteiger partial charge in [0.25, 0.3) is 0 Å². The van der Waals surface area contributed by atoms with Crippen LogP contribution in [0.5, 0.6) is 0 Å². The van der Waals surface area contributed by atoms with Crippen LogP contribution in [-0.2, 0) is 16.1 Å². The first-order valence-electron chi connectivity index (χ1n) is 11.8. The molecule has 2 aromatic carbocycles. The summed E-state index contributed by atoms with van der Waals surface area (Å²) in [4.78, 5) is 14.3. The van der Waals surface area contributed by atoms with E-state index in [-0.39, 0.29) is 30.8 Å². The van der Waals surface area contributed by atoms with Gasteiger partial charge >= 0.3 is 0 Å². The number of fused-ring (bicyclic) bond motifs is 1. The summed E-state index contributed by atoms with van der Waals surface area (Å²) in [5.74, 6) is 2.30. The van der Waals surface area contributed by atoms with Crippen LogP contribution in [0.25, 0.3) is 10.8 Å². The average Bonchev–Trinajstić information content (AvgIpc) is 2.83. The van der Waals surface area contributed by atoms with Crippen molar-refractivity contribution >= 4 is 27.9 Å².